The summed E-state index contributed by atoms with van der Waals surface area (Å²) in [5, 5.41) is 8.59. The van der Waals surface area contributed by atoms with Crippen molar-refractivity contribution < 1.29 is 19.4 Å². The second-order valence-corrected chi connectivity index (χ2v) is 3.82. The number of ether oxygens (including phenoxy) is 1. The van der Waals surface area contributed by atoms with Crippen LogP contribution in [0.25, 0.3) is 0 Å². The maximum atomic E-state index is 10.8. The molecule has 1 fully saturated rings. The van der Waals surface area contributed by atoms with E-state index in [-0.39, 0.29) is 24.4 Å². The molecule has 2 atom stereocenters. The van der Waals surface area contributed by atoms with Crippen LogP contribution in [0.3, 0.4) is 0 Å². The molecule has 4 heteroatoms. The third kappa shape index (κ3) is 3.87. The SMILES string of the molecule is CC(=O)C[C@@H]1CCC[C@H](CC(=O)O)O1. The Morgan fingerprint density at radius 1 is 1.29 bits per heavy atom. The lowest BCUT2D eigenvalue weighted by atomic mass is 9.99. The standard InChI is InChI=1S/C10H16O4/c1-7(11)5-8-3-2-4-9(14-8)6-10(12)13/h8-9H,2-6H2,1H3,(H,12,13)/t8-,9+/m0/s1. The quantitative estimate of drug-likeness (QED) is 0.744. The predicted molar refractivity (Wildman–Crippen MR) is 50.1 cm³/mol. The van der Waals surface area contributed by atoms with Gasteiger partial charge in [-0.05, 0) is 26.2 Å². The Morgan fingerprint density at radius 2 is 1.86 bits per heavy atom. The minimum absolute atomic E-state index is 0.0500. The monoisotopic (exact) mass is 200 g/mol. The number of hydrogen-bond donors (Lipinski definition) is 1. The van der Waals surface area contributed by atoms with Crippen molar-refractivity contribution in [2.75, 3.05) is 0 Å². The van der Waals surface area contributed by atoms with Gasteiger partial charge < -0.3 is 9.84 Å². The summed E-state index contributed by atoms with van der Waals surface area (Å²) in [6, 6.07) is 0. The fourth-order valence-electron chi connectivity index (χ4n) is 1.80. The van der Waals surface area contributed by atoms with Crippen LogP contribution in [-0.2, 0) is 14.3 Å². The Hall–Kier alpha value is -0.900. The first-order valence-electron chi connectivity index (χ1n) is 4.94. The van der Waals surface area contributed by atoms with Crippen LogP contribution < -0.4 is 0 Å². The van der Waals surface area contributed by atoms with E-state index in [1.54, 1.807) is 0 Å². The number of carboxylic acids is 1. The summed E-state index contributed by atoms with van der Waals surface area (Å²) < 4.78 is 5.51. The molecule has 80 valence electrons. The van der Waals surface area contributed by atoms with E-state index >= 15 is 0 Å². The van der Waals surface area contributed by atoms with Crippen molar-refractivity contribution in [1.82, 2.24) is 0 Å². The van der Waals surface area contributed by atoms with Crippen LogP contribution in [0.1, 0.15) is 39.0 Å². The molecule has 1 heterocycles. The average molecular weight is 200 g/mol. The number of carboxylic acid groups (broad SMARTS) is 1. The molecule has 0 aliphatic carbocycles. The zero-order chi connectivity index (χ0) is 10.6. The Labute approximate surface area is 83.2 Å². The van der Waals surface area contributed by atoms with Crippen LogP contribution in [-0.4, -0.2) is 29.1 Å². The second kappa shape index (κ2) is 5.10. The molecule has 1 rings (SSSR count). The van der Waals surface area contributed by atoms with E-state index in [0.717, 1.165) is 19.3 Å². The largest absolute Gasteiger partial charge is 0.481 e. The molecule has 14 heavy (non-hydrogen) atoms. The van der Waals surface area contributed by atoms with Crippen molar-refractivity contribution in [3.63, 3.8) is 0 Å². The number of ketones is 1. The summed E-state index contributed by atoms with van der Waals surface area (Å²) in [4.78, 5) is 21.3. The summed E-state index contributed by atoms with van der Waals surface area (Å²) >= 11 is 0. The minimum Gasteiger partial charge on any atom is -0.481 e. The first-order valence-corrected chi connectivity index (χ1v) is 4.94. The molecule has 0 aromatic carbocycles. The molecule has 1 aliphatic heterocycles. The molecule has 0 radical (unpaired) electrons. The molecule has 0 bridgehead atoms. The first kappa shape index (κ1) is 11.2. The molecule has 0 amide bonds. The fraction of sp³-hybridized carbons (Fsp3) is 0.800. The molecule has 0 aromatic heterocycles. The number of carbonyl (C=O) groups excluding carboxylic acids is 1. The van der Waals surface area contributed by atoms with Gasteiger partial charge in [0.15, 0.2) is 0 Å². The zero-order valence-electron chi connectivity index (χ0n) is 8.36. The normalized spacial score (nSPS) is 27.2. The second-order valence-electron chi connectivity index (χ2n) is 3.82. The summed E-state index contributed by atoms with van der Waals surface area (Å²) in [5.41, 5.74) is 0. The summed E-state index contributed by atoms with van der Waals surface area (Å²) in [6.07, 6.45) is 2.81. The molecule has 0 saturated carbocycles. The third-order valence-corrected chi connectivity index (χ3v) is 2.35. The molecule has 4 nitrogen and oxygen atoms in total. The molecule has 1 saturated heterocycles. The van der Waals surface area contributed by atoms with Crippen LogP contribution in [0.15, 0.2) is 0 Å². The van der Waals surface area contributed by atoms with Gasteiger partial charge in [0, 0.05) is 6.42 Å². The Kier molecular flexibility index (Phi) is 4.07. The van der Waals surface area contributed by atoms with Gasteiger partial charge in [0.1, 0.15) is 5.78 Å². The molecule has 0 unspecified atom stereocenters. The van der Waals surface area contributed by atoms with E-state index in [9.17, 15) is 9.59 Å². The van der Waals surface area contributed by atoms with E-state index in [0.29, 0.717) is 6.42 Å². The molecular weight excluding hydrogens is 184 g/mol. The number of Topliss-reactive ketones (excluding diaryl/α,β-unsaturated/α-hetero) is 1. The summed E-state index contributed by atoms with van der Waals surface area (Å²) in [6.45, 7) is 1.53. The Bertz CT molecular complexity index is 202. The van der Waals surface area contributed by atoms with Gasteiger partial charge in [0.25, 0.3) is 0 Å². The molecular formula is C10H16O4. The number of rotatable bonds is 4. The highest BCUT2D eigenvalue weighted by Gasteiger charge is 2.24. The van der Waals surface area contributed by atoms with Gasteiger partial charge in [0.05, 0.1) is 18.6 Å². The minimum atomic E-state index is -0.835. The van der Waals surface area contributed by atoms with Crippen molar-refractivity contribution in [3.05, 3.63) is 0 Å². The van der Waals surface area contributed by atoms with Crippen molar-refractivity contribution in [2.24, 2.45) is 0 Å². The van der Waals surface area contributed by atoms with Gasteiger partial charge in [-0.25, -0.2) is 0 Å². The highest BCUT2D eigenvalue weighted by molar-refractivity contribution is 5.76. The van der Waals surface area contributed by atoms with Crippen molar-refractivity contribution in [2.45, 2.75) is 51.2 Å². The van der Waals surface area contributed by atoms with E-state index in [1.165, 1.54) is 6.92 Å². The lowest BCUT2D eigenvalue weighted by Crippen LogP contribution is -2.30. The topological polar surface area (TPSA) is 63.6 Å². The smallest absolute Gasteiger partial charge is 0.305 e. The van der Waals surface area contributed by atoms with Crippen molar-refractivity contribution in [1.29, 1.82) is 0 Å². The molecule has 1 N–H and O–H groups in total. The van der Waals surface area contributed by atoms with Gasteiger partial charge in [-0.15, -0.1) is 0 Å². The number of aliphatic carboxylic acids is 1. The molecule has 0 spiro atoms. The number of hydrogen-bond acceptors (Lipinski definition) is 3. The number of carbonyl (C=O) groups is 2. The van der Waals surface area contributed by atoms with Crippen LogP contribution >= 0.6 is 0 Å². The van der Waals surface area contributed by atoms with Gasteiger partial charge in [-0.2, -0.15) is 0 Å². The Balaban J connectivity index is 2.35. The van der Waals surface area contributed by atoms with E-state index < -0.39 is 5.97 Å². The third-order valence-electron chi connectivity index (χ3n) is 2.35. The highest BCUT2D eigenvalue weighted by Crippen LogP contribution is 2.23. The highest BCUT2D eigenvalue weighted by atomic mass is 16.5. The van der Waals surface area contributed by atoms with Gasteiger partial charge >= 0.3 is 5.97 Å². The summed E-state index contributed by atoms with van der Waals surface area (Å²) in [5.74, 6) is -0.732. The van der Waals surface area contributed by atoms with Gasteiger partial charge in [-0.1, -0.05) is 0 Å². The average Bonchev–Trinajstić information content (AvgIpc) is 2.01. The summed E-state index contributed by atoms with van der Waals surface area (Å²) in [7, 11) is 0. The lowest BCUT2D eigenvalue weighted by Gasteiger charge is -2.28. The van der Waals surface area contributed by atoms with Crippen molar-refractivity contribution >= 4 is 11.8 Å². The first-order chi connectivity index (χ1) is 6.58. The van der Waals surface area contributed by atoms with Crippen LogP contribution in [0.2, 0.25) is 0 Å². The maximum Gasteiger partial charge on any atom is 0.305 e. The van der Waals surface area contributed by atoms with Crippen molar-refractivity contribution in [3.8, 4) is 0 Å². The molecule has 0 aromatic rings. The zero-order valence-corrected chi connectivity index (χ0v) is 8.36. The van der Waals surface area contributed by atoms with Crippen LogP contribution in [0.4, 0.5) is 0 Å². The van der Waals surface area contributed by atoms with Crippen LogP contribution in [0, 0.1) is 0 Å². The lowest BCUT2D eigenvalue weighted by molar-refractivity contribution is -0.143. The fourth-order valence-corrected chi connectivity index (χ4v) is 1.80. The maximum absolute atomic E-state index is 10.8. The van der Waals surface area contributed by atoms with E-state index in [4.69, 9.17) is 9.84 Å². The molecule has 1 aliphatic rings. The predicted octanol–water partition coefficient (Wildman–Crippen LogP) is 1.38. The van der Waals surface area contributed by atoms with Crippen LogP contribution in [0.5, 0.6) is 0 Å². The van der Waals surface area contributed by atoms with E-state index in [1.807, 2.05) is 0 Å². The van der Waals surface area contributed by atoms with Gasteiger partial charge in [-0.3, -0.25) is 9.59 Å². The van der Waals surface area contributed by atoms with Gasteiger partial charge in [0.2, 0.25) is 0 Å². The van der Waals surface area contributed by atoms with E-state index in [2.05, 4.69) is 0 Å². The Morgan fingerprint density at radius 3 is 2.36 bits per heavy atom.